The van der Waals surface area contributed by atoms with Gasteiger partial charge in [-0.1, -0.05) is 23.2 Å². The third kappa shape index (κ3) is 6.64. The summed E-state index contributed by atoms with van der Waals surface area (Å²) in [5.74, 6) is 0.790. The van der Waals surface area contributed by atoms with Crippen molar-refractivity contribution < 1.29 is 14.2 Å². The lowest BCUT2D eigenvalue weighted by Gasteiger charge is -2.28. The maximum absolute atomic E-state index is 6.42. The molecule has 1 rings (SSSR count). The highest BCUT2D eigenvalue weighted by atomic mass is 35.5. The molecule has 0 amide bonds. The molecule has 0 atom stereocenters. The van der Waals surface area contributed by atoms with Crippen LogP contribution in [0.15, 0.2) is 0 Å². The molecular weight excluding hydrogens is 337 g/mol. The second-order valence-electron chi connectivity index (χ2n) is 8.32. The van der Waals surface area contributed by atoms with Crippen molar-refractivity contribution in [3.8, 4) is 17.5 Å². The smallest absolute Gasteiger partial charge is 0.240 e. The lowest BCUT2D eigenvalue weighted by atomic mass is 10.2. The Morgan fingerprint density at radius 1 is 0.609 bits per heavy atom. The third-order valence-corrected chi connectivity index (χ3v) is 2.86. The molecule has 0 aromatic carbocycles. The van der Waals surface area contributed by atoms with Crippen molar-refractivity contribution >= 4 is 23.2 Å². The van der Waals surface area contributed by atoms with E-state index in [2.05, 4.69) is 4.98 Å². The average molecular weight is 364 g/mol. The van der Waals surface area contributed by atoms with Crippen LogP contribution < -0.4 is 14.2 Å². The molecule has 0 aliphatic rings. The molecule has 132 valence electrons. The minimum atomic E-state index is -0.480. The van der Waals surface area contributed by atoms with Crippen molar-refractivity contribution in [2.24, 2.45) is 0 Å². The van der Waals surface area contributed by atoms with Gasteiger partial charge in [-0.3, -0.25) is 0 Å². The Hall–Kier alpha value is -0.870. The van der Waals surface area contributed by atoms with Gasteiger partial charge in [0.25, 0.3) is 0 Å². The monoisotopic (exact) mass is 363 g/mol. The highest BCUT2D eigenvalue weighted by Crippen LogP contribution is 2.46. The van der Waals surface area contributed by atoms with Crippen molar-refractivity contribution in [1.29, 1.82) is 0 Å². The fraction of sp³-hybridized carbons (Fsp3) is 0.706. The van der Waals surface area contributed by atoms with E-state index < -0.39 is 16.8 Å². The Kier molecular flexibility index (Phi) is 5.75. The van der Waals surface area contributed by atoms with Crippen molar-refractivity contribution in [3.05, 3.63) is 10.0 Å². The second kappa shape index (κ2) is 6.56. The first-order chi connectivity index (χ1) is 10.1. The van der Waals surface area contributed by atoms with E-state index in [1.165, 1.54) is 0 Å². The Balaban J connectivity index is 3.47. The molecule has 1 heterocycles. The summed E-state index contributed by atoms with van der Waals surface area (Å²) in [4.78, 5) is 4.34. The predicted octanol–water partition coefficient (Wildman–Crippen LogP) is 5.92. The fourth-order valence-corrected chi connectivity index (χ4v) is 2.07. The number of nitrogens with zero attached hydrogens (tertiary/aromatic N) is 1. The summed E-state index contributed by atoms with van der Waals surface area (Å²) in [6, 6.07) is 0. The molecule has 0 fully saturated rings. The molecule has 0 aliphatic carbocycles. The van der Waals surface area contributed by atoms with Crippen molar-refractivity contribution in [3.63, 3.8) is 0 Å². The van der Waals surface area contributed by atoms with E-state index in [1.807, 2.05) is 62.3 Å². The van der Waals surface area contributed by atoms with Crippen LogP contribution in [0.4, 0.5) is 0 Å². The van der Waals surface area contributed by atoms with Gasteiger partial charge in [0.1, 0.15) is 26.8 Å². The van der Waals surface area contributed by atoms with Gasteiger partial charge in [-0.05, 0) is 62.3 Å². The first kappa shape index (κ1) is 20.2. The molecule has 23 heavy (non-hydrogen) atoms. The van der Waals surface area contributed by atoms with E-state index in [0.29, 0.717) is 5.75 Å². The highest BCUT2D eigenvalue weighted by Gasteiger charge is 2.28. The summed E-state index contributed by atoms with van der Waals surface area (Å²) in [5, 5.41) is 0.474. The molecular formula is C17H27Cl2NO3. The fourth-order valence-electron chi connectivity index (χ4n) is 1.59. The SMILES string of the molecule is CC(C)(C)Oc1nc(OC(C)(C)C)c(Cl)c(OC(C)(C)C)c1Cl. The van der Waals surface area contributed by atoms with Crippen LogP contribution in [0.1, 0.15) is 62.3 Å². The van der Waals surface area contributed by atoms with Crippen LogP contribution in [-0.4, -0.2) is 21.8 Å². The number of aromatic nitrogens is 1. The number of hydrogen-bond donors (Lipinski definition) is 0. The minimum absolute atomic E-state index is 0.237. The number of rotatable bonds is 3. The molecule has 1 aromatic heterocycles. The second-order valence-corrected chi connectivity index (χ2v) is 9.08. The van der Waals surface area contributed by atoms with Gasteiger partial charge in [-0.2, -0.15) is 4.98 Å². The maximum atomic E-state index is 6.42. The maximum Gasteiger partial charge on any atom is 0.240 e. The van der Waals surface area contributed by atoms with Crippen LogP contribution in [0, 0.1) is 0 Å². The summed E-state index contributed by atoms with van der Waals surface area (Å²) in [7, 11) is 0. The zero-order valence-corrected chi connectivity index (χ0v) is 16.9. The van der Waals surface area contributed by atoms with E-state index in [1.54, 1.807) is 0 Å². The van der Waals surface area contributed by atoms with Crippen LogP contribution in [0.25, 0.3) is 0 Å². The Morgan fingerprint density at radius 2 is 0.913 bits per heavy atom. The quantitative estimate of drug-likeness (QED) is 0.667. The summed E-state index contributed by atoms with van der Waals surface area (Å²) in [5.41, 5.74) is -1.42. The van der Waals surface area contributed by atoms with Crippen molar-refractivity contribution in [2.45, 2.75) is 79.1 Å². The van der Waals surface area contributed by atoms with Gasteiger partial charge >= 0.3 is 0 Å². The Morgan fingerprint density at radius 3 is 1.17 bits per heavy atom. The summed E-state index contributed by atoms with van der Waals surface area (Å²) >= 11 is 12.8. The van der Waals surface area contributed by atoms with Crippen LogP contribution in [-0.2, 0) is 0 Å². The lowest BCUT2D eigenvalue weighted by Crippen LogP contribution is -2.27. The van der Waals surface area contributed by atoms with Gasteiger partial charge in [-0.25, -0.2) is 0 Å². The molecule has 1 aromatic rings. The van der Waals surface area contributed by atoms with Crippen molar-refractivity contribution in [2.75, 3.05) is 0 Å². The largest absolute Gasteiger partial charge is 0.485 e. The molecule has 0 aliphatic heterocycles. The molecule has 0 saturated carbocycles. The molecule has 0 spiro atoms. The predicted molar refractivity (Wildman–Crippen MR) is 95.4 cm³/mol. The van der Waals surface area contributed by atoms with E-state index in [0.717, 1.165) is 0 Å². The average Bonchev–Trinajstić information content (AvgIpc) is 2.26. The zero-order valence-electron chi connectivity index (χ0n) is 15.4. The van der Waals surface area contributed by atoms with E-state index >= 15 is 0 Å². The first-order valence-corrected chi connectivity index (χ1v) is 8.31. The molecule has 0 saturated heterocycles. The normalized spacial score (nSPS) is 13.0. The van der Waals surface area contributed by atoms with Gasteiger partial charge in [-0.15, -0.1) is 0 Å². The van der Waals surface area contributed by atoms with E-state index in [9.17, 15) is 0 Å². The summed E-state index contributed by atoms with van der Waals surface area (Å²) in [6.07, 6.45) is 0. The zero-order chi connectivity index (χ0) is 18.2. The van der Waals surface area contributed by atoms with Gasteiger partial charge in [0.15, 0.2) is 5.75 Å². The standard InChI is InChI=1S/C17H27Cl2NO3/c1-15(2,3)21-12-10(18)13(22-16(4,5)6)20-14(11(12)19)23-17(7,8)9/h1-9H3. The lowest BCUT2D eigenvalue weighted by molar-refractivity contribution is 0.101. The molecule has 6 heteroatoms. The van der Waals surface area contributed by atoms with Gasteiger partial charge in [0.05, 0.1) is 0 Å². The number of ether oxygens (including phenoxy) is 3. The van der Waals surface area contributed by atoms with Gasteiger partial charge in [0.2, 0.25) is 11.8 Å². The number of halogens is 2. The number of hydrogen-bond acceptors (Lipinski definition) is 4. The molecule has 0 radical (unpaired) electrons. The summed E-state index contributed by atoms with van der Waals surface area (Å²) in [6.45, 7) is 17.2. The van der Waals surface area contributed by atoms with E-state index in [4.69, 9.17) is 37.4 Å². The Bertz CT molecular complexity index is 527. The van der Waals surface area contributed by atoms with Crippen molar-refractivity contribution in [1.82, 2.24) is 4.98 Å². The highest BCUT2D eigenvalue weighted by molar-refractivity contribution is 6.38. The third-order valence-electron chi connectivity index (χ3n) is 2.19. The Labute approximate surface area is 149 Å². The summed E-state index contributed by atoms with van der Waals surface area (Å²) < 4.78 is 17.6. The molecule has 0 bridgehead atoms. The first-order valence-electron chi connectivity index (χ1n) is 7.55. The topological polar surface area (TPSA) is 40.6 Å². The van der Waals surface area contributed by atoms with Crippen LogP contribution in [0.2, 0.25) is 10.0 Å². The minimum Gasteiger partial charge on any atom is -0.485 e. The van der Waals surface area contributed by atoms with Crippen LogP contribution >= 0.6 is 23.2 Å². The number of pyridine rings is 1. The van der Waals surface area contributed by atoms with Crippen LogP contribution in [0.5, 0.6) is 17.5 Å². The molecule has 0 N–H and O–H groups in total. The van der Waals surface area contributed by atoms with E-state index in [-0.39, 0.29) is 21.8 Å². The van der Waals surface area contributed by atoms with Gasteiger partial charge in [0, 0.05) is 0 Å². The molecule has 0 unspecified atom stereocenters. The van der Waals surface area contributed by atoms with Gasteiger partial charge < -0.3 is 14.2 Å². The van der Waals surface area contributed by atoms with Crippen LogP contribution in [0.3, 0.4) is 0 Å². The molecule has 4 nitrogen and oxygen atoms in total.